The van der Waals surface area contributed by atoms with Gasteiger partial charge in [-0.2, -0.15) is 0 Å². The lowest BCUT2D eigenvalue weighted by atomic mass is 9.91. The molecule has 30 heavy (non-hydrogen) atoms. The number of hydrogen-bond donors (Lipinski definition) is 1. The maximum Gasteiger partial charge on any atom is 0.139 e. The minimum atomic E-state index is 0.864. The number of fused-ring (bicyclic) bond motifs is 1. The van der Waals surface area contributed by atoms with Crippen LogP contribution in [0.25, 0.3) is 33.2 Å². The number of aromatic nitrogens is 1. The van der Waals surface area contributed by atoms with Crippen LogP contribution in [-0.2, 0) is 0 Å². The number of hydrogen-bond acceptors (Lipinski definition) is 2. The molecule has 5 rings (SSSR count). The molecule has 0 saturated carbocycles. The topological polar surface area (TPSA) is 24.9 Å². The van der Waals surface area contributed by atoms with Crippen LogP contribution in [0.15, 0.2) is 109 Å². The molecule has 5 aromatic rings. The zero-order valence-electron chi connectivity index (χ0n) is 16.8. The van der Waals surface area contributed by atoms with Crippen molar-refractivity contribution in [2.75, 3.05) is 5.32 Å². The predicted octanol–water partition coefficient (Wildman–Crippen LogP) is 7.62. The van der Waals surface area contributed by atoms with Crippen molar-refractivity contribution < 1.29 is 0 Å². The van der Waals surface area contributed by atoms with Crippen molar-refractivity contribution in [1.82, 2.24) is 4.98 Å². The van der Waals surface area contributed by atoms with Gasteiger partial charge in [-0.05, 0) is 36.2 Å². The summed E-state index contributed by atoms with van der Waals surface area (Å²) in [6.45, 7) is 2.10. The summed E-state index contributed by atoms with van der Waals surface area (Å²) in [7, 11) is 0. The van der Waals surface area contributed by atoms with Gasteiger partial charge in [-0.1, -0.05) is 96.6 Å². The van der Waals surface area contributed by atoms with Crippen LogP contribution in [0.3, 0.4) is 0 Å². The molecule has 0 unspecified atom stereocenters. The molecule has 0 aliphatic heterocycles. The second-order valence-corrected chi connectivity index (χ2v) is 7.45. The highest BCUT2D eigenvalue weighted by atomic mass is 15.0. The average Bonchev–Trinajstić information content (AvgIpc) is 2.81. The number of anilines is 2. The molecule has 144 valence electrons. The maximum absolute atomic E-state index is 5.04. The first-order chi connectivity index (χ1) is 14.8. The molecular formula is C28H22N2. The first kappa shape index (κ1) is 18.1. The minimum Gasteiger partial charge on any atom is -0.340 e. The number of aryl methyl sites for hydroxylation is 1. The summed E-state index contributed by atoms with van der Waals surface area (Å²) in [4.78, 5) is 5.04. The minimum absolute atomic E-state index is 0.864. The number of nitrogens with zero attached hydrogens (tertiary/aromatic N) is 1. The Balaban J connectivity index is 1.83. The lowest BCUT2D eigenvalue weighted by Gasteiger charge is -2.19. The fraction of sp³-hybridized carbons (Fsp3) is 0.0357. The summed E-state index contributed by atoms with van der Waals surface area (Å²) in [5.74, 6) is 0.864. The zero-order chi connectivity index (χ0) is 20.3. The average molecular weight is 386 g/mol. The van der Waals surface area contributed by atoms with Gasteiger partial charge in [0.05, 0.1) is 5.52 Å². The molecule has 1 N–H and O–H groups in total. The summed E-state index contributed by atoms with van der Waals surface area (Å²) in [5.41, 5.74) is 7.87. The van der Waals surface area contributed by atoms with Crippen LogP contribution in [0.1, 0.15) is 5.56 Å². The summed E-state index contributed by atoms with van der Waals surface area (Å²) < 4.78 is 0. The Morgan fingerprint density at radius 2 is 1.13 bits per heavy atom. The second kappa shape index (κ2) is 7.84. The second-order valence-electron chi connectivity index (χ2n) is 7.45. The largest absolute Gasteiger partial charge is 0.340 e. The van der Waals surface area contributed by atoms with Crippen molar-refractivity contribution in [2.24, 2.45) is 0 Å². The normalized spacial score (nSPS) is 10.8. The first-order valence-corrected chi connectivity index (χ1v) is 10.2. The van der Waals surface area contributed by atoms with E-state index in [0.29, 0.717) is 0 Å². The Morgan fingerprint density at radius 1 is 0.567 bits per heavy atom. The van der Waals surface area contributed by atoms with Gasteiger partial charge in [0.25, 0.3) is 0 Å². The van der Waals surface area contributed by atoms with Crippen LogP contribution in [0.4, 0.5) is 11.5 Å². The number of benzene rings is 4. The highest BCUT2D eigenvalue weighted by Crippen LogP contribution is 2.42. The van der Waals surface area contributed by atoms with E-state index >= 15 is 0 Å². The maximum atomic E-state index is 5.04. The molecule has 4 aromatic carbocycles. The van der Waals surface area contributed by atoms with Crippen molar-refractivity contribution in [2.45, 2.75) is 6.92 Å². The molecule has 0 bridgehead atoms. The number of pyridine rings is 1. The van der Waals surface area contributed by atoms with E-state index < -0.39 is 0 Å². The van der Waals surface area contributed by atoms with Crippen LogP contribution < -0.4 is 5.32 Å². The Bertz CT molecular complexity index is 1290. The molecule has 0 saturated heterocycles. The Morgan fingerprint density at radius 3 is 1.80 bits per heavy atom. The smallest absolute Gasteiger partial charge is 0.139 e. The van der Waals surface area contributed by atoms with Crippen molar-refractivity contribution in [1.29, 1.82) is 0 Å². The third-order valence-electron chi connectivity index (χ3n) is 5.33. The molecule has 0 aliphatic carbocycles. The monoisotopic (exact) mass is 386 g/mol. The predicted molar refractivity (Wildman–Crippen MR) is 127 cm³/mol. The van der Waals surface area contributed by atoms with Crippen LogP contribution in [0.2, 0.25) is 0 Å². The molecule has 1 aromatic heterocycles. The van der Waals surface area contributed by atoms with Crippen LogP contribution in [-0.4, -0.2) is 4.98 Å². The number of nitrogens with one attached hydrogen (secondary N) is 1. The number of para-hydroxylation sites is 1. The summed E-state index contributed by atoms with van der Waals surface area (Å²) in [5, 5.41) is 4.74. The first-order valence-electron chi connectivity index (χ1n) is 10.2. The molecule has 1 heterocycles. The fourth-order valence-electron chi connectivity index (χ4n) is 3.87. The lowest BCUT2D eigenvalue weighted by molar-refractivity contribution is 1.36. The van der Waals surface area contributed by atoms with Crippen molar-refractivity contribution >= 4 is 22.4 Å². The standard InChI is InChI=1S/C28H22N2/c1-20-16-18-23(19-17-20)29-28-27(22-12-6-3-7-13-22)26(21-10-4-2-5-11-21)24-14-8-9-15-25(24)30-28/h2-19H,1H3,(H,29,30). The Labute approximate surface area is 176 Å². The van der Waals surface area contributed by atoms with E-state index in [1.54, 1.807) is 0 Å². The molecule has 0 spiro atoms. The zero-order valence-corrected chi connectivity index (χ0v) is 16.8. The van der Waals surface area contributed by atoms with E-state index in [4.69, 9.17) is 4.98 Å². The summed E-state index contributed by atoms with van der Waals surface area (Å²) in [6, 6.07) is 37.9. The molecule has 0 radical (unpaired) electrons. The molecular weight excluding hydrogens is 364 g/mol. The van der Waals surface area contributed by atoms with Gasteiger partial charge >= 0.3 is 0 Å². The summed E-state index contributed by atoms with van der Waals surface area (Å²) >= 11 is 0. The Hall–Kier alpha value is -3.91. The van der Waals surface area contributed by atoms with Crippen LogP contribution in [0.5, 0.6) is 0 Å². The molecule has 2 nitrogen and oxygen atoms in total. The van der Waals surface area contributed by atoms with Crippen LogP contribution >= 0.6 is 0 Å². The van der Waals surface area contributed by atoms with Crippen molar-refractivity contribution in [3.63, 3.8) is 0 Å². The van der Waals surface area contributed by atoms with Gasteiger partial charge in [-0.25, -0.2) is 4.98 Å². The van der Waals surface area contributed by atoms with Gasteiger partial charge in [-0.3, -0.25) is 0 Å². The van der Waals surface area contributed by atoms with E-state index in [0.717, 1.165) is 33.5 Å². The third-order valence-corrected chi connectivity index (χ3v) is 5.33. The quantitative estimate of drug-likeness (QED) is 0.343. The van der Waals surface area contributed by atoms with Crippen molar-refractivity contribution in [3.8, 4) is 22.3 Å². The third kappa shape index (κ3) is 3.44. The van der Waals surface area contributed by atoms with Crippen LogP contribution in [0, 0.1) is 6.92 Å². The molecule has 2 heteroatoms. The van der Waals surface area contributed by atoms with Gasteiger partial charge < -0.3 is 5.32 Å². The van der Waals surface area contributed by atoms with E-state index in [-0.39, 0.29) is 0 Å². The molecule has 0 atom stereocenters. The van der Waals surface area contributed by atoms with Gasteiger partial charge in [0.2, 0.25) is 0 Å². The van der Waals surface area contributed by atoms with Gasteiger partial charge in [0.1, 0.15) is 5.82 Å². The van der Waals surface area contributed by atoms with Crippen molar-refractivity contribution in [3.05, 3.63) is 115 Å². The summed E-state index contributed by atoms with van der Waals surface area (Å²) in [6.07, 6.45) is 0. The van der Waals surface area contributed by atoms with E-state index in [2.05, 4.69) is 109 Å². The van der Waals surface area contributed by atoms with E-state index in [1.165, 1.54) is 16.7 Å². The SMILES string of the molecule is Cc1ccc(Nc2nc3ccccc3c(-c3ccccc3)c2-c2ccccc2)cc1. The molecule has 0 fully saturated rings. The Kier molecular flexibility index (Phi) is 4.74. The molecule has 0 aliphatic rings. The van der Waals surface area contributed by atoms with E-state index in [1.807, 2.05) is 12.1 Å². The highest BCUT2D eigenvalue weighted by molar-refractivity contribution is 6.06. The number of rotatable bonds is 4. The van der Waals surface area contributed by atoms with E-state index in [9.17, 15) is 0 Å². The molecule has 0 amide bonds. The highest BCUT2D eigenvalue weighted by Gasteiger charge is 2.18. The van der Waals surface area contributed by atoms with Gasteiger partial charge in [0.15, 0.2) is 0 Å². The van der Waals surface area contributed by atoms with Gasteiger partial charge in [-0.15, -0.1) is 0 Å². The fourth-order valence-corrected chi connectivity index (χ4v) is 3.87. The lowest BCUT2D eigenvalue weighted by Crippen LogP contribution is -2.00. The van der Waals surface area contributed by atoms with Gasteiger partial charge in [0, 0.05) is 22.2 Å².